The van der Waals surface area contributed by atoms with Crippen molar-refractivity contribution in [2.24, 2.45) is 0 Å². The Morgan fingerprint density at radius 3 is 2.90 bits per heavy atom. The van der Waals surface area contributed by atoms with Crippen molar-refractivity contribution >= 4 is 46.2 Å². The molecule has 0 aliphatic carbocycles. The van der Waals surface area contributed by atoms with Crippen LogP contribution in [0.5, 0.6) is 0 Å². The van der Waals surface area contributed by atoms with Gasteiger partial charge in [-0.1, -0.05) is 23.2 Å². The van der Waals surface area contributed by atoms with Crippen LogP contribution in [-0.4, -0.2) is 21.4 Å². The first kappa shape index (κ1) is 16.1. The topological polar surface area (TPSA) is 41.9 Å². The van der Waals surface area contributed by atoms with Crippen LogP contribution in [0, 0.1) is 6.92 Å². The van der Waals surface area contributed by atoms with Crippen LogP contribution in [-0.2, 0) is 6.54 Å². The molecule has 0 aliphatic rings. The van der Waals surface area contributed by atoms with Gasteiger partial charge in [-0.25, -0.2) is 0 Å². The minimum atomic E-state index is 0.524. The Morgan fingerprint density at radius 1 is 1.38 bits per heavy atom. The molecule has 4 nitrogen and oxygen atoms in total. The second-order valence-electron chi connectivity index (χ2n) is 4.64. The van der Waals surface area contributed by atoms with Gasteiger partial charge in [-0.15, -0.1) is 0 Å². The van der Waals surface area contributed by atoms with E-state index < -0.39 is 0 Å². The summed E-state index contributed by atoms with van der Waals surface area (Å²) in [5.41, 5.74) is 1.86. The minimum Gasteiger partial charge on any atom is -0.362 e. The molecule has 2 N–H and O–H groups in total. The number of hydrogen-bond donors (Lipinski definition) is 2. The van der Waals surface area contributed by atoms with Gasteiger partial charge in [-0.2, -0.15) is 5.10 Å². The molecule has 1 aromatic heterocycles. The molecule has 0 fully saturated rings. The van der Waals surface area contributed by atoms with Gasteiger partial charge in [0.1, 0.15) is 0 Å². The first-order valence-electron chi connectivity index (χ1n) is 6.53. The SMILES string of the molecule is Cc1cnn(CCCNC(=S)Nc2cc(Cl)ccc2Cl)c1. The molecule has 1 heterocycles. The minimum absolute atomic E-state index is 0.524. The Kier molecular flexibility index (Phi) is 5.85. The highest BCUT2D eigenvalue weighted by atomic mass is 35.5. The van der Waals surface area contributed by atoms with Crippen molar-refractivity contribution in [3.8, 4) is 0 Å². The summed E-state index contributed by atoms with van der Waals surface area (Å²) in [4.78, 5) is 0. The molecule has 1 aromatic carbocycles. The summed E-state index contributed by atoms with van der Waals surface area (Å²) >= 11 is 17.2. The molecule has 0 radical (unpaired) electrons. The fourth-order valence-electron chi connectivity index (χ4n) is 1.79. The molecular weight excluding hydrogens is 327 g/mol. The molecule has 21 heavy (non-hydrogen) atoms. The summed E-state index contributed by atoms with van der Waals surface area (Å²) in [6.07, 6.45) is 4.79. The third kappa shape index (κ3) is 5.19. The number of hydrogen-bond acceptors (Lipinski definition) is 2. The molecule has 0 spiro atoms. The summed E-state index contributed by atoms with van der Waals surface area (Å²) < 4.78 is 1.92. The number of anilines is 1. The number of nitrogens with one attached hydrogen (secondary N) is 2. The van der Waals surface area contributed by atoms with Crippen molar-refractivity contribution in [1.82, 2.24) is 15.1 Å². The van der Waals surface area contributed by atoms with Crippen molar-refractivity contribution < 1.29 is 0 Å². The predicted molar refractivity (Wildman–Crippen MR) is 92.3 cm³/mol. The zero-order valence-electron chi connectivity index (χ0n) is 11.6. The number of aryl methyl sites for hydroxylation is 2. The summed E-state index contributed by atoms with van der Waals surface area (Å²) in [5, 5.41) is 12.1. The molecule has 0 bridgehead atoms. The third-order valence-corrected chi connectivity index (χ3v) is 3.60. The van der Waals surface area contributed by atoms with Crippen LogP contribution in [0.1, 0.15) is 12.0 Å². The number of thiocarbonyl (C=S) groups is 1. The highest BCUT2D eigenvalue weighted by Crippen LogP contribution is 2.25. The van der Waals surface area contributed by atoms with Gasteiger partial charge in [0.05, 0.1) is 16.9 Å². The second kappa shape index (κ2) is 7.64. The van der Waals surface area contributed by atoms with Crippen LogP contribution in [0.2, 0.25) is 10.0 Å². The first-order valence-corrected chi connectivity index (χ1v) is 7.70. The summed E-state index contributed by atoms with van der Waals surface area (Å²) in [6.45, 7) is 3.62. The van der Waals surface area contributed by atoms with Crippen LogP contribution >= 0.6 is 35.4 Å². The largest absolute Gasteiger partial charge is 0.362 e. The van der Waals surface area contributed by atoms with Gasteiger partial charge in [0.2, 0.25) is 0 Å². The van der Waals surface area contributed by atoms with Crippen LogP contribution in [0.25, 0.3) is 0 Å². The Balaban J connectivity index is 1.73. The molecule has 0 saturated carbocycles. The van der Waals surface area contributed by atoms with Crippen molar-refractivity contribution in [3.63, 3.8) is 0 Å². The van der Waals surface area contributed by atoms with Gasteiger partial charge < -0.3 is 10.6 Å². The number of halogens is 2. The van der Waals surface area contributed by atoms with Gasteiger partial charge in [0, 0.05) is 24.3 Å². The van der Waals surface area contributed by atoms with Crippen LogP contribution < -0.4 is 10.6 Å². The maximum absolute atomic E-state index is 6.06. The zero-order valence-corrected chi connectivity index (χ0v) is 13.9. The van der Waals surface area contributed by atoms with Gasteiger partial charge in [-0.3, -0.25) is 4.68 Å². The summed E-state index contributed by atoms with van der Waals surface area (Å²) in [6, 6.07) is 5.21. The number of rotatable bonds is 5. The standard InChI is InChI=1S/C14H16Cl2N4S/c1-10-8-18-20(9-10)6-2-5-17-14(21)19-13-7-11(15)3-4-12(13)16/h3-4,7-9H,2,5-6H2,1H3,(H2,17,19,21). The maximum atomic E-state index is 6.06. The quantitative estimate of drug-likeness (QED) is 0.639. The molecule has 2 rings (SSSR count). The van der Waals surface area contributed by atoms with E-state index in [1.165, 1.54) is 0 Å². The van der Waals surface area contributed by atoms with Gasteiger partial charge >= 0.3 is 0 Å². The van der Waals surface area contributed by atoms with E-state index in [9.17, 15) is 0 Å². The Bertz CT molecular complexity index is 627. The van der Waals surface area contributed by atoms with Crippen LogP contribution in [0.15, 0.2) is 30.6 Å². The Hall–Kier alpha value is -1.30. The lowest BCUT2D eigenvalue weighted by molar-refractivity contribution is 0.573. The molecule has 0 atom stereocenters. The van der Waals surface area contributed by atoms with E-state index in [-0.39, 0.29) is 0 Å². The lowest BCUT2D eigenvalue weighted by Crippen LogP contribution is -2.29. The Labute approximate surface area is 139 Å². The normalized spacial score (nSPS) is 10.4. The molecule has 0 amide bonds. The molecule has 0 saturated heterocycles. The third-order valence-electron chi connectivity index (χ3n) is 2.79. The lowest BCUT2D eigenvalue weighted by atomic mass is 10.3. The molecular formula is C14H16Cl2N4S. The van der Waals surface area contributed by atoms with Gasteiger partial charge in [-0.05, 0) is 49.3 Å². The van der Waals surface area contributed by atoms with Crippen LogP contribution in [0.3, 0.4) is 0 Å². The van der Waals surface area contributed by atoms with E-state index in [1.54, 1.807) is 18.2 Å². The van der Waals surface area contributed by atoms with E-state index >= 15 is 0 Å². The van der Waals surface area contributed by atoms with E-state index in [0.29, 0.717) is 20.8 Å². The highest BCUT2D eigenvalue weighted by molar-refractivity contribution is 7.80. The Morgan fingerprint density at radius 2 is 2.19 bits per heavy atom. The number of nitrogens with zero attached hydrogens (tertiary/aromatic N) is 2. The summed E-state index contributed by atoms with van der Waals surface area (Å²) in [5.74, 6) is 0. The fraction of sp³-hybridized carbons (Fsp3) is 0.286. The van der Waals surface area contributed by atoms with E-state index in [1.807, 2.05) is 24.0 Å². The monoisotopic (exact) mass is 342 g/mol. The van der Waals surface area contributed by atoms with E-state index in [0.717, 1.165) is 25.1 Å². The zero-order chi connectivity index (χ0) is 15.2. The predicted octanol–water partition coefficient (Wildman–Crippen LogP) is 3.88. The fourth-order valence-corrected chi connectivity index (χ4v) is 2.34. The van der Waals surface area contributed by atoms with E-state index in [2.05, 4.69) is 15.7 Å². The van der Waals surface area contributed by atoms with Crippen molar-refractivity contribution in [1.29, 1.82) is 0 Å². The molecule has 112 valence electrons. The van der Waals surface area contributed by atoms with Crippen LogP contribution in [0.4, 0.5) is 5.69 Å². The highest BCUT2D eigenvalue weighted by Gasteiger charge is 2.03. The molecule has 7 heteroatoms. The van der Waals surface area contributed by atoms with Gasteiger partial charge in [0.15, 0.2) is 5.11 Å². The smallest absolute Gasteiger partial charge is 0.170 e. The lowest BCUT2D eigenvalue weighted by Gasteiger charge is -2.12. The molecule has 0 aliphatic heterocycles. The maximum Gasteiger partial charge on any atom is 0.170 e. The molecule has 2 aromatic rings. The molecule has 0 unspecified atom stereocenters. The average molecular weight is 343 g/mol. The van der Waals surface area contributed by atoms with E-state index in [4.69, 9.17) is 35.4 Å². The van der Waals surface area contributed by atoms with Crippen molar-refractivity contribution in [2.45, 2.75) is 19.9 Å². The summed E-state index contributed by atoms with van der Waals surface area (Å²) in [7, 11) is 0. The number of benzene rings is 1. The first-order chi connectivity index (χ1) is 10.0. The van der Waals surface area contributed by atoms with Gasteiger partial charge in [0.25, 0.3) is 0 Å². The average Bonchev–Trinajstić information content (AvgIpc) is 2.85. The van der Waals surface area contributed by atoms with Crippen molar-refractivity contribution in [3.05, 3.63) is 46.2 Å². The second-order valence-corrected chi connectivity index (χ2v) is 5.89. The van der Waals surface area contributed by atoms with Crippen molar-refractivity contribution in [2.75, 3.05) is 11.9 Å². The number of aromatic nitrogens is 2.